The fraction of sp³-hybridized carbons (Fsp3) is 0.250. The van der Waals surface area contributed by atoms with Crippen molar-refractivity contribution in [2.75, 3.05) is 20.3 Å². The molecule has 0 aliphatic heterocycles. The molecule has 0 bridgehead atoms. The molecular formula is C16H18O2. The standard InChI is InChI=1S/C16H18O2/c1-17-12-7-13-18-16-11-6-5-10-15(16)14-8-3-2-4-9-14/h2-6,8-11H,7,12-13H2,1H3. The lowest BCUT2D eigenvalue weighted by Gasteiger charge is -2.11. The molecule has 0 N–H and O–H groups in total. The summed E-state index contributed by atoms with van der Waals surface area (Å²) >= 11 is 0. The van der Waals surface area contributed by atoms with Crippen molar-refractivity contribution in [1.29, 1.82) is 0 Å². The predicted molar refractivity (Wildman–Crippen MR) is 73.9 cm³/mol. The number of methoxy groups -OCH3 is 1. The van der Waals surface area contributed by atoms with E-state index in [1.165, 1.54) is 5.56 Å². The van der Waals surface area contributed by atoms with Crippen molar-refractivity contribution in [3.63, 3.8) is 0 Å². The zero-order valence-corrected chi connectivity index (χ0v) is 10.6. The van der Waals surface area contributed by atoms with Crippen LogP contribution < -0.4 is 4.74 Å². The van der Waals surface area contributed by atoms with Crippen LogP contribution >= 0.6 is 0 Å². The second-order valence-corrected chi connectivity index (χ2v) is 4.06. The van der Waals surface area contributed by atoms with Gasteiger partial charge < -0.3 is 9.47 Å². The van der Waals surface area contributed by atoms with E-state index in [1.807, 2.05) is 36.4 Å². The average molecular weight is 242 g/mol. The van der Waals surface area contributed by atoms with Crippen LogP contribution in [0.2, 0.25) is 0 Å². The van der Waals surface area contributed by atoms with Gasteiger partial charge in [-0.15, -0.1) is 0 Å². The van der Waals surface area contributed by atoms with Crippen molar-refractivity contribution in [1.82, 2.24) is 0 Å². The Balaban J connectivity index is 2.11. The summed E-state index contributed by atoms with van der Waals surface area (Å²) in [6.45, 7) is 1.41. The number of hydrogen-bond donors (Lipinski definition) is 0. The molecule has 0 saturated carbocycles. The fourth-order valence-electron chi connectivity index (χ4n) is 1.83. The second-order valence-electron chi connectivity index (χ2n) is 4.06. The third kappa shape index (κ3) is 3.34. The summed E-state index contributed by atoms with van der Waals surface area (Å²) in [5.41, 5.74) is 2.32. The van der Waals surface area contributed by atoms with Crippen molar-refractivity contribution >= 4 is 0 Å². The third-order valence-electron chi connectivity index (χ3n) is 2.72. The molecule has 0 aliphatic carbocycles. The third-order valence-corrected chi connectivity index (χ3v) is 2.72. The zero-order valence-electron chi connectivity index (χ0n) is 10.6. The molecule has 2 aromatic rings. The molecular weight excluding hydrogens is 224 g/mol. The molecule has 2 rings (SSSR count). The molecule has 0 aromatic heterocycles. The number of rotatable bonds is 6. The number of benzene rings is 2. The van der Waals surface area contributed by atoms with Crippen molar-refractivity contribution in [2.45, 2.75) is 6.42 Å². The van der Waals surface area contributed by atoms with E-state index in [4.69, 9.17) is 9.47 Å². The minimum absolute atomic E-state index is 0.678. The van der Waals surface area contributed by atoms with Gasteiger partial charge in [0.2, 0.25) is 0 Å². The predicted octanol–water partition coefficient (Wildman–Crippen LogP) is 3.77. The molecule has 0 atom stereocenters. The highest BCUT2D eigenvalue weighted by Crippen LogP contribution is 2.29. The first-order chi connectivity index (χ1) is 8.92. The van der Waals surface area contributed by atoms with Gasteiger partial charge in [0.1, 0.15) is 5.75 Å². The highest BCUT2D eigenvalue weighted by molar-refractivity contribution is 5.70. The van der Waals surface area contributed by atoms with E-state index in [0.717, 1.165) is 24.3 Å². The maximum Gasteiger partial charge on any atom is 0.127 e. The molecule has 2 aromatic carbocycles. The van der Waals surface area contributed by atoms with Crippen LogP contribution in [0.1, 0.15) is 6.42 Å². The van der Waals surface area contributed by atoms with E-state index >= 15 is 0 Å². The molecule has 18 heavy (non-hydrogen) atoms. The summed E-state index contributed by atoms with van der Waals surface area (Å²) in [6.07, 6.45) is 0.902. The lowest BCUT2D eigenvalue weighted by Crippen LogP contribution is -2.02. The summed E-state index contributed by atoms with van der Waals surface area (Å²) < 4.78 is 10.8. The monoisotopic (exact) mass is 242 g/mol. The Morgan fingerprint density at radius 2 is 1.56 bits per heavy atom. The van der Waals surface area contributed by atoms with Crippen molar-refractivity contribution in [3.05, 3.63) is 54.6 Å². The van der Waals surface area contributed by atoms with Crippen LogP contribution in [0.25, 0.3) is 11.1 Å². The summed E-state index contributed by atoms with van der Waals surface area (Å²) in [5, 5.41) is 0. The molecule has 0 amide bonds. The molecule has 0 unspecified atom stereocenters. The Kier molecular flexibility index (Phi) is 4.79. The minimum Gasteiger partial charge on any atom is -0.493 e. The molecule has 0 radical (unpaired) electrons. The molecule has 2 heteroatoms. The summed E-state index contributed by atoms with van der Waals surface area (Å²) in [5.74, 6) is 0.930. The Hall–Kier alpha value is -1.80. The maximum atomic E-state index is 5.81. The molecule has 0 fully saturated rings. The van der Waals surface area contributed by atoms with Crippen LogP contribution in [0.15, 0.2) is 54.6 Å². The zero-order chi connectivity index (χ0) is 12.6. The Morgan fingerprint density at radius 3 is 2.33 bits per heavy atom. The SMILES string of the molecule is COCCCOc1ccccc1-c1ccccc1. The van der Waals surface area contributed by atoms with Gasteiger partial charge in [-0.2, -0.15) is 0 Å². The minimum atomic E-state index is 0.678. The highest BCUT2D eigenvalue weighted by Gasteiger charge is 2.04. The first-order valence-electron chi connectivity index (χ1n) is 6.18. The first kappa shape index (κ1) is 12.7. The van der Waals surface area contributed by atoms with Crippen LogP contribution in [-0.4, -0.2) is 20.3 Å². The molecule has 0 heterocycles. The van der Waals surface area contributed by atoms with E-state index in [9.17, 15) is 0 Å². The van der Waals surface area contributed by atoms with Gasteiger partial charge in [0.15, 0.2) is 0 Å². The van der Waals surface area contributed by atoms with Crippen LogP contribution in [0.5, 0.6) is 5.75 Å². The van der Waals surface area contributed by atoms with E-state index in [-0.39, 0.29) is 0 Å². The van der Waals surface area contributed by atoms with Crippen LogP contribution in [0, 0.1) is 0 Å². The summed E-state index contributed by atoms with van der Waals surface area (Å²) in [6, 6.07) is 18.4. The summed E-state index contributed by atoms with van der Waals surface area (Å²) in [7, 11) is 1.71. The number of hydrogen-bond acceptors (Lipinski definition) is 2. The molecule has 94 valence electrons. The Bertz CT molecular complexity index is 466. The van der Waals surface area contributed by atoms with Gasteiger partial charge in [-0.05, 0) is 11.6 Å². The van der Waals surface area contributed by atoms with Crippen molar-refractivity contribution in [3.8, 4) is 16.9 Å². The fourth-order valence-corrected chi connectivity index (χ4v) is 1.83. The average Bonchev–Trinajstić information content (AvgIpc) is 2.45. The van der Waals surface area contributed by atoms with Gasteiger partial charge in [-0.3, -0.25) is 0 Å². The van der Waals surface area contributed by atoms with Gasteiger partial charge in [0.05, 0.1) is 6.61 Å². The maximum absolute atomic E-state index is 5.81. The van der Waals surface area contributed by atoms with E-state index in [2.05, 4.69) is 18.2 Å². The number of ether oxygens (including phenoxy) is 2. The first-order valence-corrected chi connectivity index (χ1v) is 6.18. The normalized spacial score (nSPS) is 10.3. The van der Waals surface area contributed by atoms with Gasteiger partial charge in [0.25, 0.3) is 0 Å². The smallest absolute Gasteiger partial charge is 0.127 e. The highest BCUT2D eigenvalue weighted by atomic mass is 16.5. The van der Waals surface area contributed by atoms with Crippen molar-refractivity contribution < 1.29 is 9.47 Å². The lowest BCUT2D eigenvalue weighted by atomic mass is 10.1. The van der Waals surface area contributed by atoms with Gasteiger partial charge in [-0.1, -0.05) is 48.5 Å². The van der Waals surface area contributed by atoms with Crippen LogP contribution in [-0.2, 0) is 4.74 Å². The number of para-hydroxylation sites is 1. The van der Waals surface area contributed by atoms with E-state index in [1.54, 1.807) is 7.11 Å². The van der Waals surface area contributed by atoms with Gasteiger partial charge in [-0.25, -0.2) is 0 Å². The quantitative estimate of drug-likeness (QED) is 0.718. The molecule has 2 nitrogen and oxygen atoms in total. The molecule has 0 saturated heterocycles. The van der Waals surface area contributed by atoms with Crippen molar-refractivity contribution in [2.24, 2.45) is 0 Å². The topological polar surface area (TPSA) is 18.5 Å². The Labute approximate surface area is 108 Å². The summed E-state index contributed by atoms with van der Waals surface area (Å²) in [4.78, 5) is 0. The Morgan fingerprint density at radius 1 is 0.833 bits per heavy atom. The van der Waals surface area contributed by atoms with Crippen LogP contribution in [0.3, 0.4) is 0 Å². The van der Waals surface area contributed by atoms with E-state index < -0.39 is 0 Å². The second kappa shape index (κ2) is 6.82. The lowest BCUT2D eigenvalue weighted by molar-refractivity contribution is 0.172. The molecule has 0 aliphatic rings. The van der Waals surface area contributed by atoms with Gasteiger partial charge in [0, 0.05) is 25.7 Å². The van der Waals surface area contributed by atoms with Crippen LogP contribution in [0.4, 0.5) is 0 Å². The largest absolute Gasteiger partial charge is 0.493 e. The molecule has 0 spiro atoms. The van der Waals surface area contributed by atoms with Gasteiger partial charge >= 0.3 is 0 Å². The van der Waals surface area contributed by atoms with E-state index in [0.29, 0.717) is 6.61 Å².